The molecule has 1 aliphatic heterocycles. The molecule has 5 nitrogen and oxygen atoms in total. The Morgan fingerprint density at radius 3 is 2.61 bits per heavy atom. The van der Waals surface area contributed by atoms with Gasteiger partial charge in [0.2, 0.25) is 0 Å². The van der Waals surface area contributed by atoms with E-state index in [2.05, 4.69) is 51.3 Å². The van der Waals surface area contributed by atoms with Crippen LogP contribution in [0.3, 0.4) is 0 Å². The third kappa shape index (κ3) is 4.15. The Bertz CT molecular complexity index is 963. The molecule has 144 valence electrons. The summed E-state index contributed by atoms with van der Waals surface area (Å²) < 4.78 is 0. The number of nitrogens with zero attached hydrogens (tertiary/aromatic N) is 3. The van der Waals surface area contributed by atoms with Crippen LogP contribution in [0.15, 0.2) is 60.8 Å². The van der Waals surface area contributed by atoms with E-state index < -0.39 is 0 Å². The van der Waals surface area contributed by atoms with Gasteiger partial charge in [0, 0.05) is 56.5 Å². The molecular weight excluding hydrogens is 348 g/mol. The minimum Gasteiger partial charge on any atom is -0.369 e. The first kappa shape index (κ1) is 18.4. The molecular formula is C23H26N4O. The number of aryl methyl sites for hydroxylation is 1. The van der Waals surface area contributed by atoms with Gasteiger partial charge in [0.05, 0.1) is 11.1 Å². The normalized spacial score (nSPS) is 15.0. The molecule has 0 saturated carbocycles. The Hall–Kier alpha value is -2.92. The van der Waals surface area contributed by atoms with E-state index in [1.165, 1.54) is 11.3 Å². The number of hydrogen-bond acceptors (Lipinski definition) is 4. The number of carbonyl (C=O) groups is 1. The van der Waals surface area contributed by atoms with E-state index in [0.29, 0.717) is 12.1 Å². The molecule has 1 N–H and O–H groups in total. The van der Waals surface area contributed by atoms with Gasteiger partial charge < -0.3 is 10.2 Å². The Balaban J connectivity index is 1.25. The second-order valence-electron chi connectivity index (χ2n) is 7.29. The van der Waals surface area contributed by atoms with Crippen LogP contribution >= 0.6 is 0 Å². The van der Waals surface area contributed by atoms with Crippen LogP contribution in [0.5, 0.6) is 0 Å². The number of amides is 1. The highest BCUT2D eigenvalue weighted by Crippen LogP contribution is 2.20. The summed E-state index contributed by atoms with van der Waals surface area (Å²) >= 11 is 0. The van der Waals surface area contributed by atoms with Crippen molar-refractivity contribution in [2.75, 3.05) is 44.2 Å². The zero-order valence-electron chi connectivity index (χ0n) is 16.3. The number of benzene rings is 2. The summed E-state index contributed by atoms with van der Waals surface area (Å²) in [4.78, 5) is 21.7. The van der Waals surface area contributed by atoms with Gasteiger partial charge in [0.25, 0.3) is 5.91 Å². The first-order valence-corrected chi connectivity index (χ1v) is 9.86. The van der Waals surface area contributed by atoms with Gasteiger partial charge in [-0.15, -0.1) is 0 Å². The predicted octanol–water partition coefficient (Wildman–Crippen LogP) is 3.10. The molecule has 1 aromatic heterocycles. The van der Waals surface area contributed by atoms with E-state index in [9.17, 15) is 4.79 Å². The fraction of sp³-hybridized carbons (Fsp3) is 0.304. The summed E-state index contributed by atoms with van der Waals surface area (Å²) in [5, 5.41) is 4.02. The number of pyridine rings is 1. The van der Waals surface area contributed by atoms with Crippen LogP contribution < -0.4 is 10.2 Å². The summed E-state index contributed by atoms with van der Waals surface area (Å²) in [6, 6.07) is 18.3. The summed E-state index contributed by atoms with van der Waals surface area (Å²) in [7, 11) is 0. The van der Waals surface area contributed by atoms with Crippen molar-refractivity contribution < 1.29 is 4.79 Å². The van der Waals surface area contributed by atoms with Gasteiger partial charge in [-0.1, -0.05) is 36.4 Å². The summed E-state index contributed by atoms with van der Waals surface area (Å²) in [5.41, 5.74) is 4.18. The van der Waals surface area contributed by atoms with Crippen molar-refractivity contribution in [3.63, 3.8) is 0 Å². The van der Waals surface area contributed by atoms with E-state index in [4.69, 9.17) is 0 Å². The van der Waals surface area contributed by atoms with Crippen LogP contribution in [-0.4, -0.2) is 55.1 Å². The number of anilines is 1. The summed E-state index contributed by atoms with van der Waals surface area (Å²) in [6.07, 6.45) is 1.65. The minimum atomic E-state index is -0.0585. The van der Waals surface area contributed by atoms with Gasteiger partial charge in [-0.3, -0.25) is 14.7 Å². The number of rotatable bonds is 5. The number of fused-ring (bicyclic) bond motifs is 1. The maximum atomic E-state index is 12.4. The van der Waals surface area contributed by atoms with Gasteiger partial charge >= 0.3 is 0 Å². The lowest BCUT2D eigenvalue weighted by atomic mass is 10.1. The van der Waals surface area contributed by atoms with Gasteiger partial charge in [-0.25, -0.2) is 0 Å². The highest BCUT2D eigenvalue weighted by Gasteiger charge is 2.18. The second-order valence-corrected chi connectivity index (χ2v) is 7.29. The Labute approximate surface area is 166 Å². The molecule has 1 fully saturated rings. The largest absolute Gasteiger partial charge is 0.369 e. The van der Waals surface area contributed by atoms with Gasteiger partial charge in [0.1, 0.15) is 0 Å². The molecule has 1 amide bonds. The molecule has 4 rings (SSSR count). The van der Waals surface area contributed by atoms with Crippen molar-refractivity contribution in [1.29, 1.82) is 0 Å². The lowest BCUT2D eigenvalue weighted by Gasteiger charge is -2.36. The third-order valence-electron chi connectivity index (χ3n) is 5.39. The Kier molecular flexibility index (Phi) is 5.53. The molecule has 2 heterocycles. The molecule has 0 spiro atoms. The van der Waals surface area contributed by atoms with Crippen LogP contribution in [0.4, 0.5) is 5.69 Å². The van der Waals surface area contributed by atoms with E-state index in [0.717, 1.165) is 43.6 Å². The zero-order chi connectivity index (χ0) is 19.3. The van der Waals surface area contributed by atoms with E-state index in [1.54, 1.807) is 6.20 Å². The molecule has 1 saturated heterocycles. The fourth-order valence-corrected chi connectivity index (χ4v) is 3.76. The maximum Gasteiger partial charge on any atom is 0.252 e. The van der Waals surface area contributed by atoms with Gasteiger partial charge in [-0.2, -0.15) is 0 Å². The number of para-hydroxylation sites is 2. The highest BCUT2D eigenvalue weighted by atomic mass is 16.1. The first-order chi connectivity index (χ1) is 13.7. The van der Waals surface area contributed by atoms with E-state index >= 15 is 0 Å². The fourth-order valence-electron chi connectivity index (χ4n) is 3.76. The molecule has 0 radical (unpaired) electrons. The van der Waals surface area contributed by atoms with E-state index in [-0.39, 0.29) is 5.91 Å². The van der Waals surface area contributed by atoms with Crippen molar-refractivity contribution in [2.24, 2.45) is 0 Å². The van der Waals surface area contributed by atoms with Crippen molar-refractivity contribution in [3.05, 3.63) is 71.9 Å². The second kappa shape index (κ2) is 8.40. The van der Waals surface area contributed by atoms with Crippen molar-refractivity contribution in [3.8, 4) is 0 Å². The van der Waals surface area contributed by atoms with Gasteiger partial charge in [-0.05, 0) is 30.7 Å². The molecule has 0 atom stereocenters. The molecule has 3 aromatic rings. The third-order valence-corrected chi connectivity index (χ3v) is 5.39. The quantitative estimate of drug-likeness (QED) is 0.746. The van der Waals surface area contributed by atoms with Gasteiger partial charge in [0.15, 0.2) is 0 Å². The van der Waals surface area contributed by atoms with E-state index in [1.807, 2.05) is 30.3 Å². The Morgan fingerprint density at radius 1 is 1.04 bits per heavy atom. The number of aromatic nitrogens is 1. The average molecular weight is 374 g/mol. The molecule has 0 bridgehead atoms. The number of carbonyl (C=O) groups excluding carboxylic acids is 1. The zero-order valence-corrected chi connectivity index (χ0v) is 16.3. The summed E-state index contributed by atoms with van der Waals surface area (Å²) in [5.74, 6) is -0.0585. The average Bonchev–Trinajstić information content (AvgIpc) is 2.74. The molecule has 2 aromatic carbocycles. The Morgan fingerprint density at radius 2 is 1.79 bits per heavy atom. The summed E-state index contributed by atoms with van der Waals surface area (Å²) in [6.45, 7) is 7.76. The van der Waals surface area contributed by atoms with Crippen molar-refractivity contribution in [2.45, 2.75) is 6.92 Å². The topological polar surface area (TPSA) is 48.5 Å². The molecule has 0 aliphatic carbocycles. The van der Waals surface area contributed by atoms with Crippen molar-refractivity contribution >= 4 is 22.5 Å². The first-order valence-electron chi connectivity index (χ1n) is 9.86. The lowest BCUT2D eigenvalue weighted by Crippen LogP contribution is -2.48. The van der Waals surface area contributed by atoms with Crippen LogP contribution in [0.25, 0.3) is 10.9 Å². The lowest BCUT2D eigenvalue weighted by molar-refractivity contribution is 0.0947. The standard InChI is InChI=1S/C23H26N4O/c1-18-6-2-5-9-22(18)27-14-12-26(13-15-27)11-10-24-23(28)20-16-19-7-3-4-8-21(19)25-17-20/h2-9,16-17H,10-15H2,1H3,(H,24,28). The maximum absolute atomic E-state index is 12.4. The molecule has 28 heavy (non-hydrogen) atoms. The molecule has 1 aliphatic rings. The number of hydrogen-bond donors (Lipinski definition) is 1. The SMILES string of the molecule is Cc1ccccc1N1CCN(CCNC(=O)c2cnc3ccccc3c2)CC1. The molecule has 0 unspecified atom stereocenters. The highest BCUT2D eigenvalue weighted by molar-refractivity contribution is 5.97. The van der Waals surface area contributed by atoms with Crippen LogP contribution in [-0.2, 0) is 0 Å². The van der Waals surface area contributed by atoms with Crippen LogP contribution in [0.1, 0.15) is 15.9 Å². The smallest absolute Gasteiger partial charge is 0.252 e. The van der Waals surface area contributed by atoms with Crippen molar-refractivity contribution in [1.82, 2.24) is 15.2 Å². The molecule has 5 heteroatoms. The van der Waals surface area contributed by atoms with Crippen LogP contribution in [0, 0.1) is 6.92 Å². The number of nitrogens with one attached hydrogen (secondary N) is 1. The monoisotopic (exact) mass is 374 g/mol. The predicted molar refractivity (Wildman–Crippen MR) is 114 cm³/mol. The minimum absolute atomic E-state index is 0.0585. The van der Waals surface area contributed by atoms with Crippen LogP contribution in [0.2, 0.25) is 0 Å². The number of piperazine rings is 1.